The van der Waals surface area contributed by atoms with Crippen LogP contribution in [-0.4, -0.2) is 58.4 Å². The SMILES string of the molecule is CC[C@@]12CC[C@@H]([C@H]3COC(=O)N3C1)N2C(=O)OC(C)(C)C. The van der Waals surface area contributed by atoms with Gasteiger partial charge in [-0.15, -0.1) is 0 Å². The number of carbonyl (C=O) groups is 2. The highest BCUT2D eigenvalue weighted by atomic mass is 16.6. The largest absolute Gasteiger partial charge is 0.447 e. The Bertz CT molecular complexity index is 473. The Balaban J connectivity index is 1.90. The fourth-order valence-electron chi connectivity index (χ4n) is 3.92. The molecule has 3 saturated heterocycles. The summed E-state index contributed by atoms with van der Waals surface area (Å²) in [6.45, 7) is 8.64. The van der Waals surface area contributed by atoms with Gasteiger partial charge in [-0.3, -0.25) is 9.80 Å². The minimum absolute atomic E-state index is 0.0139. The maximum Gasteiger partial charge on any atom is 0.411 e. The molecule has 0 aromatic heterocycles. The van der Waals surface area contributed by atoms with Crippen LogP contribution in [0.5, 0.6) is 0 Å². The Hall–Kier alpha value is -1.46. The van der Waals surface area contributed by atoms with E-state index in [4.69, 9.17) is 9.47 Å². The predicted octanol–water partition coefficient (Wildman–Crippen LogP) is 2.37. The maximum absolute atomic E-state index is 12.7. The van der Waals surface area contributed by atoms with Gasteiger partial charge in [0.2, 0.25) is 0 Å². The molecule has 2 bridgehead atoms. The molecule has 0 unspecified atom stereocenters. The molecule has 3 rings (SSSR count). The average molecular weight is 296 g/mol. The molecule has 3 fully saturated rings. The van der Waals surface area contributed by atoms with Crippen molar-refractivity contribution in [1.82, 2.24) is 9.80 Å². The normalized spacial score (nSPS) is 34.8. The molecule has 21 heavy (non-hydrogen) atoms. The van der Waals surface area contributed by atoms with Gasteiger partial charge < -0.3 is 9.47 Å². The van der Waals surface area contributed by atoms with E-state index >= 15 is 0 Å². The average Bonchev–Trinajstić information content (AvgIpc) is 2.88. The third-order valence-electron chi connectivity index (χ3n) is 4.92. The molecule has 0 radical (unpaired) electrons. The lowest BCUT2D eigenvalue weighted by Gasteiger charge is -2.49. The third-order valence-corrected chi connectivity index (χ3v) is 4.92. The van der Waals surface area contributed by atoms with Crippen molar-refractivity contribution in [2.24, 2.45) is 0 Å². The number of hydrogen-bond donors (Lipinski definition) is 0. The summed E-state index contributed by atoms with van der Waals surface area (Å²) in [7, 11) is 0. The molecule has 0 aromatic carbocycles. The zero-order valence-electron chi connectivity index (χ0n) is 13.2. The number of cyclic esters (lactones) is 1. The van der Waals surface area contributed by atoms with Crippen LogP contribution >= 0.6 is 0 Å². The smallest absolute Gasteiger partial charge is 0.411 e. The first-order chi connectivity index (χ1) is 9.77. The van der Waals surface area contributed by atoms with E-state index in [-0.39, 0.29) is 29.8 Å². The number of piperazine rings is 1. The van der Waals surface area contributed by atoms with E-state index in [1.807, 2.05) is 30.6 Å². The minimum Gasteiger partial charge on any atom is -0.447 e. The van der Waals surface area contributed by atoms with Crippen molar-refractivity contribution in [1.29, 1.82) is 0 Å². The van der Waals surface area contributed by atoms with Crippen molar-refractivity contribution in [3.8, 4) is 0 Å². The molecule has 6 nitrogen and oxygen atoms in total. The lowest BCUT2D eigenvalue weighted by molar-refractivity contribution is -0.0372. The minimum atomic E-state index is -0.509. The maximum atomic E-state index is 12.7. The van der Waals surface area contributed by atoms with Crippen LogP contribution in [0, 0.1) is 0 Å². The molecular formula is C15H24N2O4. The summed E-state index contributed by atoms with van der Waals surface area (Å²) in [5, 5.41) is 0. The van der Waals surface area contributed by atoms with Gasteiger partial charge in [0.05, 0.1) is 17.6 Å². The Labute approximate surface area is 125 Å². The third kappa shape index (κ3) is 2.15. The fraction of sp³-hybridized carbons (Fsp3) is 0.867. The van der Waals surface area contributed by atoms with Gasteiger partial charge in [-0.05, 0) is 40.0 Å². The van der Waals surface area contributed by atoms with Crippen LogP contribution < -0.4 is 0 Å². The van der Waals surface area contributed by atoms with Crippen LogP contribution in [0.15, 0.2) is 0 Å². The second-order valence-electron chi connectivity index (χ2n) is 7.31. The number of fused-ring (bicyclic) bond motifs is 4. The van der Waals surface area contributed by atoms with Crippen LogP contribution in [0.4, 0.5) is 9.59 Å². The van der Waals surface area contributed by atoms with E-state index in [1.54, 1.807) is 0 Å². The first kappa shape index (κ1) is 14.5. The van der Waals surface area contributed by atoms with Gasteiger partial charge in [0, 0.05) is 6.54 Å². The van der Waals surface area contributed by atoms with Crippen LogP contribution in [0.2, 0.25) is 0 Å². The summed E-state index contributed by atoms with van der Waals surface area (Å²) < 4.78 is 10.8. The molecule has 6 heteroatoms. The van der Waals surface area contributed by atoms with Crippen LogP contribution in [-0.2, 0) is 9.47 Å². The lowest BCUT2D eigenvalue weighted by atomic mass is 9.91. The molecule has 3 atom stereocenters. The van der Waals surface area contributed by atoms with Gasteiger partial charge >= 0.3 is 12.2 Å². The summed E-state index contributed by atoms with van der Waals surface area (Å²) in [5.41, 5.74) is -0.808. The Morgan fingerprint density at radius 3 is 2.76 bits per heavy atom. The number of ether oxygens (including phenoxy) is 2. The zero-order valence-corrected chi connectivity index (χ0v) is 13.2. The molecule has 2 amide bonds. The predicted molar refractivity (Wildman–Crippen MR) is 76.0 cm³/mol. The van der Waals surface area contributed by atoms with Crippen molar-refractivity contribution >= 4 is 12.2 Å². The molecule has 3 heterocycles. The van der Waals surface area contributed by atoms with Crippen molar-refractivity contribution in [3.63, 3.8) is 0 Å². The van der Waals surface area contributed by atoms with Crippen molar-refractivity contribution in [2.75, 3.05) is 13.2 Å². The van der Waals surface area contributed by atoms with E-state index in [2.05, 4.69) is 6.92 Å². The molecular weight excluding hydrogens is 272 g/mol. The number of hydrogen-bond acceptors (Lipinski definition) is 4. The number of rotatable bonds is 1. The monoisotopic (exact) mass is 296 g/mol. The van der Waals surface area contributed by atoms with Gasteiger partial charge in [-0.25, -0.2) is 9.59 Å². The Morgan fingerprint density at radius 2 is 2.14 bits per heavy atom. The highest BCUT2D eigenvalue weighted by Crippen LogP contribution is 2.46. The first-order valence-corrected chi connectivity index (χ1v) is 7.73. The van der Waals surface area contributed by atoms with Crippen molar-refractivity contribution in [3.05, 3.63) is 0 Å². The standard InChI is InChI=1S/C15H24N2O4/c1-5-15-7-6-10(11-8-20-12(18)16(11)9-15)17(15)13(19)21-14(2,3)4/h10-11H,5-9H2,1-4H3/t10-,11+,15+/m0/s1. The zero-order chi connectivity index (χ0) is 15.4. The van der Waals surface area contributed by atoms with Gasteiger partial charge in [0.15, 0.2) is 0 Å². The quantitative estimate of drug-likeness (QED) is 0.745. The molecule has 0 aromatic rings. The highest BCUT2D eigenvalue weighted by molar-refractivity contribution is 5.74. The van der Waals surface area contributed by atoms with E-state index in [9.17, 15) is 9.59 Å². The lowest BCUT2D eigenvalue weighted by Crippen LogP contribution is -2.66. The highest BCUT2D eigenvalue weighted by Gasteiger charge is 2.60. The first-order valence-electron chi connectivity index (χ1n) is 7.73. The summed E-state index contributed by atoms with van der Waals surface area (Å²) in [5.74, 6) is 0. The topological polar surface area (TPSA) is 59.1 Å². The fourth-order valence-corrected chi connectivity index (χ4v) is 3.92. The van der Waals surface area contributed by atoms with Crippen LogP contribution in [0.3, 0.4) is 0 Å². The Morgan fingerprint density at radius 1 is 1.43 bits per heavy atom. The summed E-state index contributed by atoms with van der Waals surface area (Å²) in [6.07, 6.45) is 2.15. The molecule has 0 aliphatic carbocycles. The van der Waals surface area contributed by atoms with Crippen LogP contribution in [0.25, 0.3) is 0 Å². The van der Waals surface area contributed by atoms with E-state index in [1.165, 1.54) is 0 Å². The summed E-state index contributed by atoms with van der Waals surface area (Å²) in [4.78, 5) is 28.2. The van der Waals surface area contributed by atoms with Gasteiger partial charge in [0.25, 0.3) is 0 Å². The van der Waals surface area contributed by atoms with Gasteiger partial charge in [-0.2, -0.15) is 0 Å². The Kier molecular flexibility index (Phi) is 3.11. The van der Waals surface area contributed by atoms with Crippen LogP contribution in [0.1, 0.15) is 47.0 Å². The molecule has 0 spiro atoms. The van der Waals surface area contributed by atoms with Crippen molar-refractivity contribution in [2.45, 2.75) is 70.2 Å². The van der Waals surface area contributed by atoms with E-state index in [0.717, 1.165) is 19.3 Å². The molecule has 3 aliphatic rings. The second-order valence-corrected chi connectivity index (χ2v) is 7.31. The molecule has 3 aliphatic heterocycles. The number of carbonyl (C=O) groups excluding carboxylic acids is 2. The number of amides is 2. The van der Waals surface area contributed by atoms with Crippen molar-refractivity contribution < 1.29 is 19.1 Å². The second kappa shape index (κ2) is 4.52. The molecule has 118 valence electrons. The van der Waals surface area contributed by atoms with E-state index in [0.29, 0.717) is 13.2 Å². The number of nitrogens with zero attached hydrogens (tertiary/aromatic N) is 2. The molecule has 0 N–H and O–H groups in total. The summed E-state index contributed by atoms with van der Waals surface area (Å²) in [6, 6.07) is -0.00723. The van der Waals surface area contributed by atoms with E-state index < -0.39 is 5.60 Å². The summed E-state index contributed by atoms with van der Waals surface area (Å²) >= 11 is 0. The molecule has 0 saturated carbocycles. The van der Waals surface area contributed by atoms with Gasteiger partial charge in [-0.1, -0.05) is 6.92 Å². The van der Waals surface area contributed by atoms with Gasteiger partial charge in [0.1, 0.15) is 12.2 Å².